The highest BCUT2D eigenvalue weighted by molar-refractivity contribution is 7.90. The van der Waals surface area contributed by atoms with Gasteiger partial charge in [0, 0.05) is 11.8 Å². The molecule has 1 amide bonds. The Morgan fingerprint density at radius 3 is 2.52 bits per heavy atom. The number of rotatable bonds is 6. The van der Waals surface area contributed by atoms with E-state index in [4.69, 9.17) is 6.42 Å². The Morgan fingerprint density at radius 2 is 2.00 bits per heavy atom. The summed E-state index contributed by atoms with van der Waals surface area (Å²) < 4.78 is 23.4. The second kappa shape index (κ2) is 6.90. The highest BCUT2D eigenvalue weighted by Gasteiger charge is 2.15. The number of amides is 1. The van der Waals surface area contributed by atoms with Crippen LogP contribution in [0.5, 0.6) is 0 Å². The number of anilines is 1. The Balaban J connectivity index is 3.02. The van der Waals surface area contributed by atoms with Gasteiger partial charge in [0.25, 0.3) is 0 Å². The molecule has 1 rings (SSSR count). The van der Waals surface area contributed by atoms with Gasteiger partial charge < -0.3 is 10.6 Å². The molecule has 0 saturated carbocycles. The Labute approximate surface area is 123 Å². The summed E-state index contributed by atoms with van der Waals surface area (Å²) in [7, 11) is -3.48. The number of Topliss-reactive ketones (excluding diaryl/α,β-unsaturated/α-hetero) is 1. The van der Waals surface area contributed by atoms with E-state index >= 15 is 0 Å². The number of nitrogens with one attached hydrogen (secondary N) is 2. The first kappa shape index (κ1) is 16.7. The number of terminal acetylenes is 1. The molecular formula is C14H16N2O4S. The summed E-state index contributed by atoms with van der Waals surface area (Å²) in [5.74, 6) is 1.68. The highest BCUT2D eigenvalue weighted by atomic mass is 32.2. The van der Waals surface area contributed by atoms with Crippen molar-refractivity contribution in [3.63, 3.8) is 0 Å². The van der Waals surface area contributed by atoms with Gasteiger partial charge in [0.15, 0.2) is 15.6 Å². The van der Waals surface area contributed by atoms with E-state index in [1.165, 1.54) is 25.1 Å². The molecule has 6 nitrogen and oxygen atoms in total. The van der Waals surface area contributed by atoms with Gasteiger partial charge in [-0.3, -0.25) is 9.59 Å². The van der Waals surface area contributed by atoms with Gasteiger partial charge in [-0.1, -0.05) is 5.92 Å². The molecule has 0 spiro atoms. The molecule has 0 unspecified atom stereocenters. The molecule has 0 aliphatic heterocycles. The van der Waals surface area contributed by atoms with Crippen molar-refractivity contribution in [1.82, 2.24) is 5.32 Å². The average Bonchev–Trinajstić information content (AvgIpc) is 2.41. The molecule has 0 atom stereocenters. The van der Waals surface area contributed by atoms with E-state index in [-0.39, 0.29) is 35.4 Å². The monoisotopic (exact) mass is 308 g/mol. The minimum absolute atomic E-state index is 0.0252. The van der Waals surface area contributed by atoms with E-state index in [1.54, 1.807) is 0 Å². The molecule has 0 aromatic heterocycles. The quantitative estimate of drug-likeness (QED) is 0.588. The maximum absolute atomic E-state index is 11.7. The van der Waals surface area contributed by atoms with Crippen molar-refractivity contribution >= 4 is 27.2 Å². The molecule has 112 valence electrons. The van der Waals surface area contributed by atoms with Crippen molar-refractivity contribution < 1.29 is 18.0 Å². The number of carbonyl (C=O) groups is 2. The van der Waals surface area contributed by atoms with E-state index in [0.717, 1.165) is 6.26 Å². The zero-order chi connectivity index (χ0) is 16.0. The van der Waals surface area contributed by atoms with Gasteiger partial charge in [0.05, 0.1) is 23.7 Å². The standard InChI is InChI=1S/C14H16N2O4S/c1-4-7-15-14(18)9-16-12-8-11(10(2)17)5-6-13(12)21(3,19)20/h1,5-6,8,16H,7,9H2,2-3H3,(H,15,18). The van der Waals surface area contributed by atoms with Gasteiger partial charge >= 0.3 is 0 Å². The molecule has 7 heteroatoms. The van der Waals surface area contributed by atoms with Crippen LogP contribution < -0.4 is 10.6 Å². The van der Waals surface area contributed by atoms with Crippen LogP contribution >= 0.6 is 0 Å². The fourth-order valence-corrected chi connectivity index (χ4v) is 2.44. The van der Waals surface area contributed by atoms with Crippen molar-refractivity contribution in [3.8, 4) is 12.3 Å². The predicted molar refractivity (Wildman–Crippen MR) is 79.9 cm³/mol. The second-order valence-electron chi connectivity index (χ2n) is 4.37. The zero-order valence-corrected chi connectivity index (χ0v) is 12.6. The highest BCUT2D eigenvalue weighted by Crippen LogP contribution is 2.23. The van der Waals surface area contributed by atoms with Crippen LogP contribution in [-0.4, -0.2) is 39.5 Å². The summed E-state index contributed by atoms with van der Waals surface area (Å²) in [6, 6.07) is 4.18. The molecule has 21 heavy (non-hydrogen) atoms. The maximum Gasteiger partial charge on any atom is 0.240 e. The van der Waals surface area contributed by atoms with Gasteiger partial charge in [-0.05, 0) is 25.1 Å². The number of carbonyl (C=O) groups excluding carboxylic acids is 2. The molecule has 0 fully saturated rings. The third-order valence-electron chi connectivity index (χ3n) is 2.61. The molecule has 1 aromatic rings. The van der Waals surface area contributed by atoms with Crippen molar-refractivity contribution in [2.45, 2.75) is 11.8 Å². The molecule has 0 heterocycles. The van der Waals surface area contributed by atoms with Gasteiger partial charge in [0.1, 0.15) is 0 Å². The molecule has 2 N–H and O–H groups in total. The van der Waals surface area contributed by atoms with E-state index in [1.807, 2.05) is 0 Å². The van der Waals surface area contributed by atoms with Crippen LogP contribution in [0.4, 0.5) is 5.69 Å². The first-order valence-corrected chi connectivity index (χ1v) is 7.94. The normalized spacial score (nSPS) is 10.5. The summed E-state index contributed by atoms with van der Waals surface area (Å²) in [6.45, 7) is 1.32. The Morgan fingerprint density at radius 1 is 1.33 bits per heavy atom. The summed E-state index contributed by atoms with van der Waals surface area (Å²) in [4.78, 5) is 22.9. The van der Waals surface area contributed by atoms with E-state index in [0.29, 0.717) is 5.56 Å². The van der Waals surface area contributed by atoms with Crippen molar-refractivity contribution in [2.24, 2.45) is 0 Å². The summed E-state index contributed by atoms with van der Waals surface area (Å²) in [6.07, 6.45) is 6.07. The van der Waals surface area contributed by atoms with Crippen LogP contribution in [0.25, 0.3) is 0 Å². The van der Waals surface area contributed by atoms with Crippen LogP contribution in [0.1, 0.15) is 17.3 Å². The Kier molecular flexibility index (Phi) is 5.50. The number of sulfone groups is 1. The molecule has 0 aliphatic carbocycles. The van der Waals surface area contributed by atoms with Gasteiger partial charge in [-0.2, -0.15) is 0 Å². The third kappa shape index (κ3) is 4.93. The topological polar surface area (TPSA) is 92.3 Å². The fraction of sp³-hybridized carbons (Fsp3) is 0.286. The van der Waals surface area contributed by atoms with Crippen LogP contribution in [0.3, 0.4) is 0 Å². The lowest BCUT2D eigenvalue weighted by atomic mass is 10.1. The Hall–Kier alpha value is -2.33. The summed E-state index contributed by atoms with van der Waals surface area (Å²) in [5.41, 5.74) is 0.565. The first-order chi connectivity index (χ1) is 9.75. The van der Waals surface area contributed by atoms with Crippen molar-refractivity contribution in [3.05, 3.63) is 23.8 Å². The van der Waals surface area contributed by atoms with Gasteiger partial charge in [-0.15, -0.1) is 6.42 Å². The summed E-state index contributed by atoms with van der Waals surface area (Å²) in [5, 5.41) is 5.16. The Bertz CT molecular complexity index is 702. The minimum Gasteiger partial charge on any atom is -0.375 e. The van der Waals surface area contributed by atoms with Crippen LogP contribution in [0.15, 0.2) is 23.1 Å². The smallest absolute Gasteiger partial charge is 0.240 e. The third-order valence-corrected chi connectivity index (χ3v) is 3.77. The van der Waals surface area contributed by atoms with Gasteiger partial charge in [-0.25, -0.2) is 8.42 Å². The largest absolute Gasteiger partial charge is 0.375 e. The van der Waals surface area contributed by atoms with Crippen LogP contribution in [0, 0.1) is 12.3 Å². The van der Waals surface area contributed by atoms with Crippen LogP contribution in [0.2, 0.25) is 0 Å². The zero-order valence-electron chi connectivity index (χ0n) is 11.8. The molecule has 0 saturated heterocycles. The number of benzene rings is 1. The van der Waals surface area contributed by atoms with Crippen molar-refractivity contribution in [1.29, 1.82) is 0 Å². The molecule has 0 aliphatic rings. The van der Waals surface area contributed by atoms with E-state index in [9.17, 15) is 18.0 Å². The van der Waals surface area contributed by atoms with Gasteiger partial charge in [0.2, 0.25) is 5.91 Å². The predicted octanol–water partition coefficient (Wildman–Crippen LogP) is 0.454. The number of hydrogen-bond acceptors (Lipinski definition) is 5. The molecule has 0 bridgehead atoms. The van der Waals surface area contributed by atoms with Crippen molar-refractivity contribution in [2.75, 3.05) is 24.7 Å². The average molecular weight is 308 g/mol. The molecular weight excluding hydrogens is 292 g/mol. The molecule has 0 radical (unpaired) electrons. The maximum atomic E-state index is 11.7. The second-order valence-corrected chi connectivity index (χ2v) is 6.36. The lowest BCUT2D eigenvalue weighted by Crippen LogP contribution is -2.30. The summed E-state index contributed by atoms with van der Waals surface area (Å²) >= 11 is 0. The van der Waals surface area contributed by atoms with E-state index < -0.39 is 9.84 Å². The number of ketones is 1. The fourth-order valence-electron chi connectivity index (χ4n) is 1.60. The lowest BCUT2D eigenvalue weighted by Gasteiger charge is -2.12. The van der Waals surface area contributed by atoms with E-state index in [2.05, 4.69) is 16.6 Å². The molecule has 1 aromatic carbocycles. The first-order valence-electron chi connectivity index (χ1n) is 6.04. The SMILES string of the molecule is C#CCNC(=O)CNc1cc(C(C)=O)ccc1S(C)(=O)=O. The number of hydrogen-bond donors (Lipinski definition) is 2. The lowest BCUT2D eigenvalue weighted by molar-refractivity contribution is -0.119. The van der Waals surface area contributed by atoms with Crippen LogP contribution in [-0.2, 0) is 14.6 Å². The minimum atomic E-state index is -3.48.